The summed E-state index contributed by atoms with van der Waals surface area (Å²) in [5.41, 5.74) is 5.45. The lowest BCUT2D eigenvalue weighted by Gasteiger charge is -2.11. The maximum Gasteiger partial charge on any atom is 0.332 e. The molecule has 0 saturated carbocycles. The molecule has 1 unspecified atom stereocenters. The molecule has 1 atom stereocenters. The topological polar surface area (TPSA) is 127 Å². The molecule has 94 valence electrons. The van der Waals surface area contributed by atoms with E-state index in [2.05, 4.69) is 15.3 Å². The Hall–Kier alpha value is -1.96. The van der Waals surface area contributed by atoms with Crippen LogP contribution in [0.3, 0.4) is 0 Å². The SMILES string of the molecule is Cc1nc(N)nc(NCC(C)CO)c1[N+](=O)[O-]. The molecule has 1 aromatic rings. The molecular formula is C9H15N5O3. The van der Waals surface area contributed by atoms with Crippen molar-refractivity contribution in [2.75, 3.05) is 24.2 Å². The fourth-order valence-electron chi connectivity index (χ4n) is 1.27. The average molecular weight is 241 g/mol. The van der Waals surface area contributed by atoms with Gasteiger partial charge in [0.05, 0.1) is 4.92 Å². The molecule has 17 heavy (non-hydrogen) atoms. The van der Waals surface area contributed by atoms with Crippen LogP contribution in [0.4, 0.5) is 17.5 Å². The van der Waals surface area contributed by atoms with Crippen molar-refractivity contribution in [2.24, 2.45) is 5.92 Å². The molecule has 8 heteroatoms. The van der Waals surface area contributed by atoms with Gasteiger partial charge in [-0.3, -0.25) is 10.1 Å². The van der Waals surface area contributed by atoms with Crippen molar-refractivity contribution >= 4 is 17.5 Å². The number of aliphatic hydroxyl groups is 1. The van der Waals surface area contributed by atoms with Crippen LogP contribution in [0.5, 0.6) is 0 Å². The highest BCUT2D eigenvalue weighted by Gasteiger charge is 2.21. The van der Waals surface area contributed by atoms with Crippen LogP contribution in [0.1, 0.15) is 12.6 Å². The van der Waals surface area contributed by atoms with Gasteiger partial charge in [0.15, 0.2) is 0 Å². The van der Waals surface area contributed by atoms with E-state index < -0.39 is 4.92 Å². The van der Waals surface area contributed by atoms with Gasteiger partial charge < -0.3 is 16.2 Å². The van der Waals surface area contributed by atoms with Gasteiger partial charge in [0.25, 0.3) is 0 Å². The monoisotopic (exact) mass is 241 g/mol. The molecule has 0 aliphatic carbocycles. The summed E-state index contributed by atoms with van der Waals surface area (Å²) >= 11 is 0. The highest BCUT2D eigenvalue weighted by molar-refractivity contribution is 5.60. The summed E-state index contributed by atoms with van der Waals surface area (Å²) in [6.45, 7) is 3.65. The van der Waals surface area contributed by atoms with Crippen LogP contribution in [-0.4, -0.2) is 33.1 Å². The Morgan fingerprint density at radius 2 is 2.24 bits per heavy atom. The Labute approximate surface area is 98.0 Å². The summed E-state index contributed by atoms with van der Waals surface area (Å²) in [5.74, 6) is 0.0265. The van der Waals surface area contributed by atoms with Crippen molar-refractivity contribution in [2.45, 2.75) is 13.8 Å². The molecule has 0 saturated heterocycles. The Balaban J connectivity index is 3.00. The molecular weight excluding hydrogens is 226 g/mol. The molecule has 0 aliphatic rings. The minimum atomic E-state index is -0.555. The van der Waals surface area contributed by atoms with Crippen molar-refractivity contribution in [3.05, 3.63) is 15.8 Å². The number of aryl methyl sites for hydroxylation is 1. The number of hydrogen-bond donors (Lipinski definition) is 3. The van der Waals surface area contributed by atoms with E-state index in [-0.39, 0.29) is 35.7 Å². The Morgan fingerprint density at radius 1 is 1.59 bits per heavy atom. The number of hydrogen-bond acceptors (Lipinski definition) is 7. The maximum absolute atomic E-state index is 10.9. The molecule has 4 N–H and O–H groups in total. The second-order valence-corrected chi connectivity index (χ2v) is 3.79. The number of nitrogens with zero attached hydrogens (tertiary/aromatic N) is 3. The van der Waals surface area contributed by atoms with Crippen LogP contribution < -0.4 is 11.1 Å². The first kappa shape index (κ1) is 13.1. The van der Waals surface area contributed by atoms with Gasteiger partial charge in [0, 0.05) is 13.2 Å². The normalized spacial score (nSPS) is 12.2. The molecule has 8 nitrogen and oxygen atoms in total. The van der Waals surface area contributed by atoms with Gasteiger partial charge in [-0.15, -0.1) is 0 Å². The summed E-state index contributed by atoms with van der Waals surface area (Å²) in [7, 11) is 0. The third kappa shape index (κ3) is 3.25. The predicted molar refractivity (Wildman–Crippen MR) is 62.6 cm³/mol. The first-order valence-corrected chi connectivity index (χ1v) is 5.09. The highest BCUT2D eigenvalue weighted by atomic mass is 16.6. The van der Waals surface area contributed by atoms with E-state index in [0.29, 0.717) is 6.54 Å². The summed E-state index contributed by atoms with van der Waals surface area (Å²) in [6, 6.07) is 0. The molecule has 0 aliphatic heterocycles. The molecule has 0 spiro atoms. The van der Waals surface area contributed by atoms with E-state index >= 15 is 0 Å². The minimum Gasteiger partial charge on any atom is -0.396 e. The molecule has 1 rings (SSSR count). The lowest BCUT2D eigenvalue weighted by molar-refractivity contribution is -0.385. The van der Waals surface area contributed by atoms with Gasteiger partial charge >= 0.3 is 5.69 Å². The van der Waals surface area contributed by atoms with Gasteiger partial charge in [0.1, 0.15) is 5.69 Å². The molecule has 0 bridgehead atoms. The fourth-order valence-corrected chi connectivity index (χ4v) is 1.27. The number of aliphatic hydroxyl groups excluding tert-OH is 1. The summed E-state index contributed by atoms with van der Waals surface area (Å²) in [5, 5.41) is 22.5. The zero-order valence-corrected chi connectivity index (χ0v) is 9.67. The van der Waals surface area contributed by atoms with Crippen molar-refractivity contribution in [3.63, 3.8) is 0 Å². The van der Waals surface area contributed by atoms with Crippen molar-refractivity contribution in [3.8, 4) is 0 Å². The van der Waals surface area contributed by atoms with Crippen LogP contribution in [0.2, 0.25) is 0 Å². The second kappa shape index (κ2) is 5.39. The van der Waals surface area contributed by atoms with E-state index in [9.17, 15) is 10.1 Å². The smallest absolute Gasteiger partial charge is 0.332 e. The summed E-state index contributed by atoms with van der Waals surface area (Å²) in [4.78, 5) is 17.8. The number of nitrogen functional groups attached to an aromatic ring is 1. The Kier molecular flexibility index (Phi) is 4.16. The summed E-state index contributed by atoms with van der Waals surface area (Å²) in [6.07, 6.45) is 0. The molecule has 1 aromatic heterocycles. The number of nitrogens with two attached hydrogens (primary N) is 1. The van der Waals surface area contributed by atoms with Gasteiger partial charge in [0.2, 0.25) is 11.8 Å². The average Bonchev–Trinajstić information content (AvgIpc) is 2.24. The molecule has 0 aromatic carbocycles. The maximum atomic E-state index is 10.9. The van der Waals surface area contributed by atoms with Crippen molar-refractivity contribution in [1.29, 1.82) is 0 Å². The lowest BCUT2D eigenvalue weighted by atomic mass is 10.2. The van der Waals surface area contributed by atoms with Gasteiger partial charge in [-0.05, 0) is 12.8 Å². The van der Waals surface area contributed by atoms with E-state index in [0.717, 1.165) is 0 Å². The number of rotatable bonds is 5. The first-order chi connectivity index (χ1) is 7.95. The van der Waals surface area contributed by atoms with E-state index in [1.807, 2.05) is 0 Å². The van der Waals surface area contributed by atoms with Gasteiger partial charge in [-0.25, -0.2) is 4.98 Å². The third-order valence-electron chi connectivity index (χ3n) is 2.19. The zero-order chi connectivity index (χ0) is 13.0. The standard InChI is InChI=1S/C9H15N5O3/c1-5(4-15)3-11-8-7(14(16)17)6(2)12-9(10)13-8/h5,15H,3-4H2,1-2H3,(H3,10,11,12,13). The number of aromatic nitrogens is 2. The van der Waals surface area contributed by atoms with Crippen LogP contribution in [0.15, 0.2) is 0 Å². The molecule has 0 amide bonds. The minimum absolute atomic E-state index is 0.0135. The first-order valence-electron chi connectivity index (χ1n) is 5.09. The van der Waals surface area contributed by atoms with Crippen LogP contribution in [-0.2, 0) is 0 Å². The fraction of sp³-hybridized carbons (Fsp3) is 0.556. The zero-order valence-electron chi connectivity index (χ0n) is 9.67. The van der Waals surface area contributed by atoms with E-state index in [1.54, 1.807) is 6.92 Å². The molecule has 0 radical (unpaired) electrons. The predicted octanol–water partition coefficient (Wildman–Crippen LogP) is 0.316. The third-order valence-corrected chi connectivity index (χ3v) is 2.19. The molecule has 0 fully saturated rings. The lowest BCUT2D eigenvalue weighted by Crippen LogP contribution is -2.17. The second-order valence-electron chi connectivity index (χ2n) is 3.79. The van der Waals surface area contributed by atoms with E-state index in [4.69, 9.17) is 10.8 Å². The van der Waals surface area contributed by atoms with Crippen LogP contribution in [0.25, 0.3) is 0 Å². The van der Waals surface area contributed by atoms with Gasteiger partial charge in [-0.2, -0.15) is 4.98 Å². The Bertz CT molecular complexity index is 423. The Morgan fingerprint density at radius 3 is 2.76 bits per heavy atom. The quantitative estimate of drug-likeness (QED) is 0.500. The van der Waals surface area contributed by atoms with Crippen LogP contribution >= 0.6 is 0 Å². The number of anilines is 2. The van der Waals surface area contributed by atoms with Crippen molar-refractivity contribution < 1.29 is 10.0 Å². The van der Waals surface area contributed by atoms with Crippen molar-refractivity contribution in [1.82, 2.24) is 9.97 Å². The number of nitro groups is 1. The number of nitrogens with one attached hydrogen (secondary N) is 1. The largest absolute Gasteiger partial charge is 0.396 e. The molecule has 1 heterocycles. The summed E-state index contributed by atoms with van der Waals surface area (Å²) < 4.78 is 0. The van der Waals surface area contributed by atoms with E-state index in [1.165, 1.54) is 6.92 Å². The van der Waals surface area contributed by atoms with Crippen LogP contribution in [0, 0.1) is 23.0 Å². The highest BCUT2D eigenvalue weighted by Crippen LogP contribution is 2.25. The van der Waals surface area contributed by atoms with Gasteiger partial charge in [-0.1, -0.05) is 6.92 Å².